The van der Waals surface area contributed by atoms with E-state index in [0.717, 1.165) is 29.8 Å². The van der Waals surface area contributed by atoms with Gasteiger partial charge in [0, 0.05) is 37.8 Å². The van der Waals surface area contributed by atoms with E-state index in [2.05, 4.69) is 49.4 Å². The van der Waals surface area contributed by atoms with Gasteiger partial charge < -0.3 is 15.1 Å². The quantitative estimate of drug-likeness (QED) is 0.307. The number of nitrogens with one attached hydrogen (secondary N) is 1. The van der Waals surface area contributed by atoms with E-state index in [9.17, 15) is 24.0 Å². The van der Waals surface area contributed by atoms with Crippen LogP contribution in [0.15, 0.2) is 60.8 Å². The normalized spacial score (nSPS) is 17.7. The number of likely N-dealkylation sites (N-methyl/N-ethyl adjacent to an activating group) is 1. The number of nitrogens with zero attached hydrogens (tertiary/aromatic N) is 6. The standard InChI is InChI=1S/C23H27FN6O2.C7H7NO.C5H12/c1-15-9-19(11-25)29(12-15)22(31)14-28(2)23(32)21(10-16-3-7-18(24)8-4-16)30-13-20(26-27-30)17-5-6-17;9-6-8-7-4-2-1-3-5-7;1-5(2,3)4/h3-4,7-8,13,15,17,19,21H,5-6,9-10,12,14H2,1-2H3;1-6H,(H,8,9);1-4H3. The first-order chi connectivity index (χ1) is 21.8. The second kappa shape index (κ2) is 16.6. The van der Waals surface area contributed by atoms with Gasteiger partial charge in [0.25, 0.3) is 0 Å². The average Bonchev–Trinajstić information content (AvgIpc) is 3.61. The van der Waals surface area contributed by atoms with Crippen LogP contribution >= 0.6 is 0 Å². The lowest BCUT2D eigenvalue weighted by atomic mass is 10.0. The highest BCUT2D eigenvalue weighted by Crippen LogP contribution is 2.39. The maximum Gasteiger partial charge on any atom is 0.248 e. The first-order valence-electron chi connectivity index (χ1n) is 15.6. The number of rotatable bonds is 9. The number of anilines is 1. The summed E-state index contributed by atoms with van der Waals surface area (Å²) in [6.45, 7) is 11.2. The van der Waals surface area contributed by atoms with Crippen molar-refractivity contribution in [3.8, 4) is 6.07 Å². The second-order valence-corrected chi connectivity index (χ2v) is 13.6. The number of nitriles is 1. The highest BCUT2D eigenvalue weighted by atomic mass is 19.1. The highest BCUT2D eigenvalue weighted by molar-refractivity contribution is 5.87. The van der Waals surface area contributed by atoms with E-state index in [1.807, 2.05) is 37.3 Å². The molecule has 1 saturated heterocycles. The van der Waals surface area contributed by atoms with Crippen molar-refractivity contribution in [1.82, 2.24) is 24.8 Å². The van der Waals surface area contributed by atoms with Crippen LogP contribution in [-0.2, 0) is 20.8 Å². The third-order valence-corrected chi connectivity index (χ3v) is 7.20. The van der Waals surface area contributed by atoms with E-state index in [1.165, 1.54) is 17.0 Å². The smallest absolute Gasteiger partial charge is 0.248 e. The minimum Gasteiger partial charge on any atom is -0.335 e. The number of carbonyl (C=O) groups excluding carboxylic acids is 3. The molecular formula is C35H46FN7O3. The summed E-state index contributed by atoms with van der Waals surface area (Å²) in [7, 11) is 1.58. The SMILES string of the molecule is CC(C)(C)C.CC1CC(C#N)N(C(=O)CN(C)C(=O)C(Cc2ccc(F)cc2)n2cc(C3CC3)nn2)C1.O=CNc1ccccc1. The van der Waals surface area contributed by atoms with Crippen molar-refractivity contribution >= 4 is 23.9 Å². The van der Waals surface area contributed by atoms with E-state index in [4.69, 9.17) is 0 Å². The fraction of sp³-hybridized carbons (Fsp3) is 0.486. The molecule has 2 aliphatic rings. The summed E-state index contributed by atoms with van der Waals surface area (Å²) >= 11 is 0. The zero-order chi connectivity index (χ0) is 33.9. The van der Waals surface area contributed by atoms with Crippen LogP contribution in [0, 0.1) is 28.5 Å². The van der Waals surface area contributed by atoms with Crippen molar-refractivity contribution in [1.29, 1.82) is 5.26 Å². The molecule has 1 N–H and O–H groups in total. The van der Waals surface area contributed by atoms with Gasteiger partial charge in [0.2, 0.25) is 18.2 Å². The molecule has 1 aliphatic carbocycles. The van der Waals surface area contributed by atoms with Crippen LogP contribution in [0.2, 0.25) is 0 Å². The van der Waals surface area contributed by atoms with E-state index in [-0.39, 0.29) is 30.1 Å². The number of hydrogen-bond donors (Lipinski definition) is 1. The third-order valence-electron chi connectivity index (χ3n) is 7.20. The van der Waals surface area contributed by atoms with Gasteiger partial charge in [0.15, 0.2) is 0 Å². The fourth-order valence-corrected chi connectivity index (χ4v) is 4.82. The Balaban J connectivity index is 0.000000341. The number of amides is 3. The van der Waals surface area contributed by atoms with Gasteiger partial charge in [-0.15, -0.1) is 5.10 Å². The number of aromatic nitrogens is 3. The first-order valence-corrected chi connectivity index (χ1v) is 15.6. The Morgan fingerprint density at radius 3 is 2.33 bits per heavy atom. The zero-order valence-corrected chi connectivity index (χ0v) is 27.7. The van der Waals surface area contributed by atoms with Crippen LogP contribution in [0.3, 0.4) is 0 Å². The van der Waals surface area contributed by atoms with Crippen molar-refractivity contribution in [3.05, 3.63) is 77.9 Å². The van der Waals surface area contributed by atoms with Crippen molar-refractivity contribution in [2.24, 2.45) is 11.3 Å². The van der Waals surface area contributed by atoms with Crippen LogP contribution in [-0.4, -0.2) is 69.2 Å². The molecule has 10 nitrogen and oxygen atoms in total. The Morgan fingerprint density at radius 1 is 1.13 bits per heavy atom. The van der Waals surface area contributed by atoms with Gasteiger partial charge in [0.1, 0.15) is 17.9 Å². The highest BCUT2D eigenvalue weighted by Gasteiger charge is 2.35. The molecule has 11 heteroatoms. The topological polar surface area (TPSA) is 124 Å². The number of benzene rings is 2. The molecule has 1 aromatic heterocycles. The molecule has 0 radical (unpaired) electrons. The lowest BCUT2D eigenvalue weighted by Crippen LogP contribution is -2.45. The first kappa shape index (κ1) is 35.9. The van der Waals surface area contributed by atoms with Crippen LogP contribution in [0.5, 0.6) is 0 Å². The van der Waals surface area contributed by atoms with Crippen molar-refractivity contribution in [2.45, 2.75) is 78.3 Å². The molecule has 3 amide bonds. The molecule has 0 bridgehead atoms. The lowest BCUT2D eigenvalue weighted by molar-refractivity contribution is -0.141. The molecule has 3 atom stereocenters. The minimum absolute atomic E-state index is 0.117. The fourth-order valence-electron chi connectivity index (χ4n) is 4.82. The Kier molecular flexibility index (Phi) is 13.0. The molecule has 3 unspecified atom stereocenters. The molecule has 2 fully saturated rings. The van der Waals surface area contributed by atoms with Gasteiger partial charge in [-0.3, -0.25) is 14.4 Å². The predicted octanol–water partition coefficient (Wildman–Crippen LogP) is 5.60. The molecule has 2 aromatic carbocycles. The van der Waals surface area contributed by atoms with Crippen molar-refractivity contribution in [3.63, 3.8) is 0 Å². The van der Waals surface area contributed by atoms with Gasteiger partial charge in [0.05, 0.1) is 18.3 Å². The molecule has 0 spiro atoms. The maximum atomic E-state index is 13.4. The number of hydrogen-bond acceptors (Lipinski definition) is 6. The summed E-state index contributed by atoms with van der Waals surface area (Å²) in [5.74, 6) is -0.218. The predicted molar refractivity (Wildman–Crippen MR) is 175 cm³/mol. The molecule has 2 heterocycles. The summed E-state index contributed by atoms with van der Waals surface area (Å²) in [5.41, 5.74) is 2.97. The van der Waals surface area contributed by atoms with E-state index in [0.29, 0.717) is 37.1 Å². The van der Waals surface area contributed by atoms with Gasteiger partial charge in [-0.05, 0) is 60.4 Å². The van der Waals surface area contributed by atoms with Crippen LogP contribution in [0.25, 0.3) is 0 Å². The van der Waals surface area contributed by atoms with E-state index >= 15 is 0 Å². The molecule has 246 valence electrons. The summed E-state index contributed by atoms with van der Waals surface area (Å²) in [6.07, 6.45) is 5.54. The molecule has 5 rings (SSSR count). The second-order valence-electron chi connectivity index (χ2n) is 13.6. The Labute approximate surface area is 271 Å². The van der Waals surface area contributed by atoms with Crippen molar-refractivity contribution < 1.29 is 18.8 Å². The third kappa shape index (κ3) is 11.7. The van der Waals surface area contributed by atoms with E-state index in [1.54, 1.807) is 35.0 Å². The van der Waals surface area contributed by atoms with Crippen LogP contribution in [0.4, 0.5) is 10.1 Å². The molecular weight excluding hydrogens is 585 g/mol. The van der Waals surface area contributed by atoms with Gasteiger partial charge >= 0.3 is 0 Å². The summed E-state index contributed by atoms with van der Waals surface area (Å²) in [5, 5.41) is 20.3. The molecule has 1 aliphatic heterocycles. The number of likely N-dealkylation sites (tertiary alicyclic amines) is 1. The Morgan fingerprint density at radius 2 is 1.76 bits per heavy atom. The van der Waals surface area contributed by atoms with Crippen LogP contribution < -0.4 is 5.32 Å². The Hall–Kier alpha value is -4.59. The molecule has 46 heavy (non-hydrogen) atoms. The Bertz CT molecular complexity index is 1450. The summed E-state index contributed by atoms with van der Waals surface area (Å²) in [4.78, 5) is 39.0. The summed E-state index contributed by atoms with van der Waals surface area (Å²) < 4.78 is 14.9. The maximum absolute atomic E-state index is 13.4. The monoisotopic (exact) mass is 631 g/mol. The number of para-hydroxylation sites is 1. The zero-order valence-electron chi connectivity index (χ0n) is 27.7. The average molecular weight is 632 g/mol. The van der Waals surface area contributed by atoms with Gasteiger partial charge in [-0.25, -0.2) is 9.07 Å². The molecule has 1 saturated carbocycles. The largest absolute Gasteiger partial charge is 0.335 e. The van der Waals surface area contributed by atoms with Gasteiger partial charge in [-0.2, -0.15) is 5.26 Å². The number of halogens is 1. The lowest BCUT2D eigenvalue weighted by Gasteiger charge is -2.26. The number of carbonyl (C=O) groups is 3. The van der Waals surface area contributed by atoms with E-state index < -0.39 is 12.1 Å². The summed E-state index contributed by atoms with van der Waals surface area (Å²) in [6, 6.07) is 16.3. The van der Waals surface area contributed by atoms with Crippen LogP contribution in [0.1, 0.15) is 77.1 Å². The van der Waals surface area contributed by atoms with Crippen molar-refractivity contribution in [2.75, 3.05) is 25.5 Å². The minimum atomic E-state index is -0.706. The van der Waals surface area contributed by atoms with Gasteiger partial charge in [-0.1, -0.05) is 70.2 Å². The molecule has 3 aromatic rings.